The van der Waals surface area contributed by atoms with Crippen molar-refractivity contribution in [2.45, 2.75) is 39.7 Å². The van der Waals surface area contributed by atoms with Crippen LogP contribution in [0.1, 0.15) is 33.6 Å². The van der Waals surface area contributed by atoms with E-state index in [2.05, 4.69) is 20.4 Å². The van der Waals surface area contributed by atoms with Crippen LogP contribution in [-0.2, 0) is 14.3 Å². The lowest BCUT2D eigenvalue weighted by Gasteiger charge is -2.11. The number of hydrogen-bond acceptors (Lipinski definition) is 3. The second kappa shape index (κ2) is 8.09. The van der Waals surface area contributed by atoms with Gasteiger partial charge >= 0.3 is 5.97 Å². The van der Waals surface area contributed by atoms with E-state index in [0.717, 1.165) is 12.8 Å². The molecule has 0 rings (SSSR count). The Hall–Kier alpha value is -1.25. The summed E-state index contributed by atoms with van der Waals surface area (Å²) in [5, 5.41) is 0. The van der Waals surface area contributed by atoms with Crippen LogP contribution in [0.5, 0.6) is 0 Å². The Kier molecular flexibility index (Phi) is 7.42. The number of ether oxygens (including phenoxy) is 2. The molecule has 15 heavy (non-hydrogen) atoms. The third-order valence-corrected chi connectivity index (χ3v) is 1.99. The Morgan fingerprint density at radius 1 is 1.33 bits per heavy atom. The van der Waals surface area contributed by atoms with Crippen molar-refractivity contribution in [3.8, 4) is 0 Å². The maximum absolute atomic E-state index is 11.1. The van der Waals surface area contributed by atoms with Gasteiger partial charge in [-0.2, -0.15) is 0 Å². The van der Waals surface area contributed by atoms with Crippen LogP contribution in [0.15, 0.2) is 24.5 Å². The van der Waals surface area contributed by atoms with Crippen LogP contribution in [0, 0.1) is 0 Å². The predicted octanol–water partition coefficient (Wildman–Crippen LogP) is 2.82. The van der Waals surface area contributed by atoms with Crippen LogP contribution in [0.2, 0.25) is 0 Å². The van der Waals surface area contributed by atoms with Crippen molar-refractivity contribution in [1.82, 2.24) is 0 Å². The summed E-state index contributed by atoms with van der Waals surface area (Å²) in [5.41, 5.74) is 0.308. The fraction of sp³-hybridized carbons (Fsp3) is 0.583. The van der Waals surface area contributed by atoms with Crippen molar-refractivity contribution in [2.75, 3.05) is 6.61 Å². The van der Waals surface area contributed by atoms with Crippen LogP contribution in [0.4, 0.5) is 0 Å². The largest absolute Gasteiger partial charge is 0.498 e. The molecule has 0 radical (unpaired) electrons. The molecule has 0 aliphatic carbocycles. The quantitative estimate of drug-likeness (QED) is 0.282. The summed E-state index contributed by atoms with van der Waals surface area (Å²) in [6, 6.07) is 0. The first-order valence-electron chi connectivity index (χ1n) is 5.33. The van der Waals surface area contributed by atoms with Gasteiger partial charge in [-0.15, -0.1) is 0 Å². The van der Waals surface area contributed by atoms with Crippen LogP contribution < -0.4 is 0 Å². The van der Waals surface area contributed by atoms with Gasteiger partial charge in [0, 0.05) is 0 Å². The van der Waals surface area contributed by atoms with Crippen molar-refractivity contribution in [2.24, 2.45) is 0 Å². The smallest absolute Gasteiger partial charge is 0.337 e. The van der Waals surface area contributed by atoms with Crippen molar-refractivity contribution >= 4 is 5.97 Å². The highest BCUT2D eigenvalue weighted by atomic mass is 16.5. The second-order valence-corrected chi connectivity index (χ2v) is 3.12. The third kappa shape index (κ3) is 5.94. The van der Waals surface area contributed by atoms with E-state index in [-0.39, 0.29) is 6.10 Å². The highest BCUT2D eigenvalue weighted by Gasteiger charge is 2.04. The van der Waals surface area contributed by atoms with E-state index in [1.54, 1.807) is 6.92 Å². The van der Waals surface area contributed by atoms with Crippen molar-refractivity contribution < 1.29 is 14.3 Å². The zero-order valence-electron chi connectivity index (χ0n) is 9.79. The third-order valence-electron chi connectivity index (χ3n) is 1.99. The monoisotopic (exact) mass is 212 g/mol. The van der Waals surface area contributed by atoms with Gasteiger partial charge < -0.3 is 9.47 Å². The molecular weight excluding hydrogens is 192 g/mol. The maximum Gasteiger partial charge on any atom is 0.337 e. The highest BCUT2D eigenvalue weighted by molar-refractivity contribution is 5.90. The number of carbonyl (C=O) groups excluding carboxylic acids is 1. The predicted molar refractivity (Wildman–Crippen MR) is 60.4 cm³/mol. The lowest BCUT2D eigenvalue weighted by molar-refractivity contribution is -0.138. The van der Waals surface area contributed by atoms with Gasteiger partial charge in [0.05, 0.1) is 24.5 Å². The first kappa shape index (κ1) is 13.8. The summed E-state index contributed by atoms with van der Waals surface area (Å²) in [7, 11) is 0. The number of esters is 1. The summed E-state index contributed by atoms with van der Waals surface area (Å²) in [5.74, 6) is -0.401. The van der Waals surface area contributed by atoms with Gasteiger partial charge in [0.2, 0.25) is 0 Å². The topological polar surface area (TPSA) is 35.5 Å². The van der Waals surface area contributed by atoms with Gasteiger partial charge in [-0.1, -0.05) is 20.4 Å². The lowest BCUT2D eigenvalue weighted by Crippen LogP contribution is -2.07. The molecule has 0 bridgehead atoms. The minimum Gasteiger partial charge on any atom is -0.498 e. The van der Waals surface area contributed by atoms with E-state index < -0.39 is 5.97 Å². The van der Waals surface area contributed by atoms with E-state index in [1.165, 1.54) is 12.3 Å². The summed E-state index contributed by atoms with van der Waals surface area (Å²) in [4.78, 5) is 11.1. The molecule has 0 spiro atoms. The summed E-state index contributed by atoms with van der Waals surface area (Å²) >= 11 is 0. The molecule has 86 valence electrons. The minimum atomic E-state index is -0.401. The summed E-state index contributed by atoms with van der Waals surface area (Å²) in [6.07, 6.45) is 5.16. The Labute approximate surface area is 91.8 Å². The Morgan fingerprint density at radius 2 is 1.93 bits per heavy atom. The lowest BCUT2D eigenvalue weighted by atomic mass is 10.2. The first-order valence-corrected chi connectivity index (χ1v) is 5.33. The van der Waals surface area contributed by atoms with Crippen LogP contribution in [0.25, 0.3) is 0 Å². The first-order chi connectivity index (χ1) is 7.15. The van der Waals surface area contributed by atoms with Crippen molar-refractivity contribution in [3.05, 3.63) is 24.5 Å². The van der Waals surface area contributed by atoms with Crippen LogP contribution >= 0.6 is 0 Å². The van der Waals surface area contributed by atoms with Gasteiger partial charge in [0.1, 0.15) is 0 Å². The molecule has 0 heterocycles. The number of carbonyl (C=O) groups is 1. The van der Waals surface area contributed by atoms with Gasteiger partial charge in [-0.25, -0.2) is 4.79 Å². The summed E-state index contributed by atoms with van der Waals surface area (Å²) in [6.45, 7) is 9.82. The van der Waals surface area contributed by atoms with E-state index in [0.29, 0.717) is 12.2 Å². The SMILES string of the molecule is C=C(/C=C/OC(CC)CC)C(=O)OCC. The molecule has 3 nitrogen and oxygen atoms in total. The van der Waals surface area contributed by atoms with Gasteiger partial charge in [0.15, 0.2) is 0 Å². The van der Waals surface area contributed by atoms with Crippen LogP contribution in [-0.4, -0.2) is 18.7 Å². The molecule has 0 aromatic carbocycles. The molecule has 0 N–H and O–H groups in total. The molecule has 0 aromatic rings. The molecule has 0 saturated carbocycles. The zero-order valence-corrected chi connectivity index (χ0v) is 9.79. The van der Waals surface area contributed by atoms with E-state index >= 15 is 0 Å². The average Bonchev–Trinajstić information content (AvgIpc) is 2.24. The van der Waals surface area contributed by atoms with Gasteiger partial charge in [-0.3, -0.25) is 0 Å². The van der Waals surface area contributed by atoms with Gasteiger partial charge in [0.25, 0.3) is 0 Å². The van der Waals surface area contributed by atoms with Crippen molar-refractivity contribution in [3.63, 3.8) is 0 Å². The molecule has 0 aromatic heterocycles. The second-order valence-electron chi connectivity index (χ2n) is 3.12. The van der Waals surface area contributed by atoms with Crippen LogP contribution in [0.3, 0.4) is 0 Å². The Balaban J connectivity index is 3.95. The molecular formula is C12H20O3. The molecule has 0 fully saturated rings. The van der Waals surface area contributed by atoms with Gasteiger partial charge in [-0.05, 0) is 25.8 Å². The molecule has 0 amide bonds. The van der Waals surface area contributed by atoms with Crippen molar-refractivity contribution in [1.29, 1.82) is 0 Å². The highest BCUT2D eigenvalue weighted by Crippen LogP contribution is 2.04. The maximum atomic E-state index is 11.1. The molecule has 0 unspecified atom stereocenters. The minimum absolute atomic E-state index is 0.205. The molecule has 3 heteroatoms. The number of rotatable bonds is 7. The molecule has 0 aliphatic rings. The summed E-state index contributed by atoms with van der Waals surface area (Å²) < 4.78 is 10.2. The Morgan fingerprint density at radius 3 is 2.40 bits per heavy atom. The van der Waals surface area contributed by atoms with E-state index in [9.17, 15) is 4.79 Å². The fourth-order valence-corrected chi connectivity index (χ4v) is 1.01. The molecule has 0 saturated heterocycles. The Bertz CT molecular complexity index is 227. The standard InChI is InChI=1S/C12H20O3/c1-5-11(6-2)15-9-8-10(4)12(13)14-7-3/h8-9,11H,4-7H2,1-3H3/b9-8+. The molecule has 0 aliphatic heterocycles. The average molecular weight is 212 g/mol. The molecule has 0 atom stereocenters. The van der Waals surface area contributed by atoms with E-state index in [1.807, 2.05) is 0 Å². The number of hydrogen-bond donors (Lipinski definition) is 0. The zero-order chi connectivity index (χ0) is 11.7. The normalized spacial score (nSPS) is 10.7. The fourth-order valence-electron chi connectivity index (χ4n) is 1.01. The van der Waals surface area contributed by atoms with E-state index in [4.69, 9.17) is 9.47 Å².